The maximum atomic E-state index is 12.7. The summed E-state index contributed by atoms with van der Waals surface area (Å²) < 4.78 is 5.09. The Kier molecular flexibility index (Phi) is 7.70. The summed E-state index contributed by atoms with van der Waals surface area (Å²) in [5.41, 5.74) is 9.83. The molecule has 32 heavy (non-hydrogen) atoms. The fourth-order valence-electron chi connectivity index (χ4n) is 2.86. The van der Waals surface area contributed by atoms with Gasteiger partial charge in [0.05, 0.1) is 11.4 Å². The molecule has 0 aliphatic rings. The van der Waals surface area contributed by atoms with Gasteiger partial charge >= 0.3 is 6.09 Å². The Bertz CT molecular complexity index is 1080. The second kappa shape index (κ2) is 10.7. The summed E-state index contributed by atoms with van der Waals surface area (Å²) in [6.45, 7) is 0.921. The summed E-state index contributed by atoms with van der Waals surface area (Å²) in [6.07, 6.45) is -0.546. The van der Waals surface area contributed by atoms with Crippen molar-refractivity contribution in [3.05, 3.63) is 77.3 Å². The third-order valence-corrected chi connectivity index (χ3v) is 4.90. The molecule has 0 radical (unpaired) electrons. The van der Waals surface area contributed by atoms with Crippen LogP contribution >= 0.6 is 11.6 Å². The quantitative estimate of drug-likeness (QED) is 0.440. The van der Waals surface area contributed by atoms with Gasteiger partial charge in [0, 0.05) is 22.8 Å². The highest BCUT2D eigenvalue weighted by Gasteiger charge is 2.11. The molecule has 3 rings (SSSR count). The number of rotatable bonds is 7. The number of halogens is 1. The third-order valence-electron chi connectivity index (χ3n) is 4.64. The predicted octanol–water partition coefficient (Wildman–Crippen LogP) is 4.95. The second-order valence-electron chi connectivity index (χ2n) is 7.40. The maximum absolute atomic E-state index is 12.7. The number of nitrogens with two attached hydrogens (primary N) is 1. The first-order valence-electron chi connectivity index (χ1n) is 9.97. The zero-order chi connectivity index (χ0) is 23.1. The summed E-state index contributed by atoms with van der Waals surface area (Å²) in [4.78, 5) is 26.4. The number of nitrogens with zero attached hydrogens (tertiary/aromatic N) is 1. The van der Waals surface area contributed by atoms with E-state index in [0.29, 0.717) is 34.2 Å². The van der Waals surface area contributed by atoms with Crippen molar-refractivity contribution in [1.82, 2.24) is 4.90 Å². The average Bonchev–Trinajstić information content (AvgIpc) is 2.76. The number of nitrogen functional groups attached to an aromatic ring is 1. The SMILES string of the molecule is CN(C)CCOC(=O)Nc1ccc(C(=O)Nc2cc(-c3ccc(Cl)cc3)ccc2N)cc1. The number of benzene rings is 3. The summed E-state index contributed by atoms with van der Waals surface area (Å²) in [6, 6.07) is 19.3. The molecule has 8 heteroatoms. The van der Waals surface area contributed by atoms with Gasteiger partial charge in [0.15, 0.2) is 0 Å². The highest BCUT2D eigenvalue weighted by molar-refractivity contribution is 6.30. The Morgan fingerprint density at radius 3 is 2.25 bits per heavy atom. The van der Waals surface area contributed by atoms with E-state index in [4.69, 9.17) is 22.1 Å². The van der Waals surface area contributed by atoms with Gasteiger partial charge in [-0.1, -0.05) is 29.8 Å². The van der Waals surface area contributed by atoms with E-state index in [1.807, 2.05) is 43.3 Å². The molecular formula is C24H25ClN4O3. The molecule has 7 nitrogen and oxygen atoms in total. The largest absolute Gasteiger partial charge is 0.448 e. The van der Waals surface area contributed by atoms with Crippen LogP contribution in [0.1, 0.15) is 10.4 Å². The number of anilines is 3. The Morgan fingerprint density at radius 1 is 0.938 bits per heavy atom. The molecule has 0 heterocycles. The zero-order valence-corrected chi connectivity index (χ0v) is 18.6. The lowest BCUT2D eigenvalue weighted by Gasteiger charge is -2.12. The van der Waals surface area contributed by atoms with E-state index in [0.717, 1.165) is 11.1 Å². The first-order valence-corrected chi connectivity index (χ1v) is 10.3. The summed E-state index contributed by atoms with van der Waals surface area (Å²) in [5, 5.41) is 6.12. The van der Waals surface area contributed by atoms with E-state index < -0.39 is 6.09 Å². The van der Waals surface area contributed by atoms with Crippen LogP contribution in [0.15, 0.2) is 66.7 Å². The van der Waals surface area contributed by atoms with Gasteiger partial charge in [0.25, 0.3) is 5.91 Å². The summed E-state index contributed by atoms with van der Waals surface area (Å²) in [5.74, 6) is -0.315. The Hall–Kier alpha value is -3.55. The molecule has 0 saturated heterocycles. The fourth-order valence-corrected chi connectivity index (χ4v) is 2.99. The van der Waals surface area contributed by atoms with Crippen molar-refractivity contribution >= 4 is 40.7 Å². The molecular weight excluding hydrogens is 428 g/mol. The third kappa shape index (κ3) is 6.47. The van der Waals surface area contributed by atoms with Gasteiger partial charge < -0.3 is 20.7 Å². The minimum atomic E-state index is -0.546. The molecule has 0 aliphatic carbocycles. The van der Waals surface area contributed by atoms with E-state index in [2.05, 4.69) is 10.6 Å². The van der Waals surface area contributed by atoms with Crippen molar-refractivity contribution in [1.29, 1.82) is 0 Å². The van der Waals surface area contributed by atoms with Gasteiger partial charge in [-0.2, -0.15) is 0 Å². The Morgan fingerprint density at radius 2 is 1.59 bits per heavy atom. The fraction of sp³-hybridized carbons (Fsp3) is 0.167. The van der Waals surface area contributed by atoms with Crippen LogP contribution in [0.3, 0.4) is 0 Å². The van der Waals surface area contributed by atoms with Gasteiger partial charge in [0.1, 0.15) is 6.61 Å². The molecule has 166 valence electrons. The van der Waals surface area contributed by atoms with Crippen molar-refractivity contribution in [2.75, 3.05) is 43.6 Å². The molecule has 0 aliphatic heterocycles. The monoisotopic (exact) mass is 452 g/mol. The van der Waals surface area contributed by atoms with E-state index in [9.17, 15) is 9.59 Å². The lowest BCUT2D eigenvalue weighted by molar-refractivity contribution is 0.102. The number of hydrogen-bond donors (Lipinski definition) is 3. The van der Waals surface area contributed by atoms with Gasteiger partial charge in [-0.05, 0) is 73.8 Å². The van der Waals surface area contributed by atoms with Gasteiger partial charge in [-0.3, -0.25) is 10.1 Å². The van der Waals surface area contributed by atoms with Gasteiger partial charge in [-0.15, -0.1) is 0 Å². The van der Waals surface area contributed by atoms with Crippen LogP contribution in [0.4, 0.5) is 21.9 Å². The normalized spacial score (nSPS) is 10.6. The topological polar surface area (TPSA) is 96.7 Å². The van der Waals surface area contributed by atoms with Crippen molar-refractivity contribution in [2.24, 2.45) is 0 Å². The molecule has 4 N–H and O–H groups in total. The smallest absolute Gasteiger partial charge is 0.411 e. The molecule has 0 bridgehead atoms. The highest BCUT2D eigenvalue weighted by Crippen LogP contribution is 2.28. The van der Waals surface area contributed by atoms with Crippen molar-refractivity contribution in [2.45, 2.75) is 0 Å². The number of nitrogens with one attached hydrogen (secondary N) is 2. The van der Waals surface area contributed by atoms with Crippen molar-refractivity contribution in [3.8, 4) is 11.1 Å². The van der Waals surface area contributed by atoms with Gasteiger partial charge in [0.2, 0.25) is 0 Å². The van der Waals surface area contributed by atoms with Crippen LogP contribution in [0.25, 0.3) is 11.1 Å². The van der Waals surface area contributed by atoms with Crippen LogP contribution in [0.2, 0.25) is 5.02 Å². The lowest BCUT2D eigenvalue weighted by atomic mass is 10.0. The molecule has 0 aromatic heterocycles. The number of carbonyl (C=O) groups excluding carboxylic acids is 2. The van der Waals surface area contributed by atoms with Crippen molar-refractivity contribution in [3.63, 3.8) is 0 Å². The maximum Gasteiger partial charge on any atom is 0.411 e. The van der Waals surface area contributed by atoms with Crippen LogP contribution in [-0.4, -0.2) is 44.1 Å². The Labute approximate surface area is 192 Å². The Balaban J connectivity index is 1.64. The van der Waals surface area contributed by atoms with E-state index in [-0.39, 0.29) is 12.5 Å². The zero-order valence-electron chi connectivity index (χ0n) is 17.9. The number of hydrogen-bond acceptors (Lipinski definition) is 5. The standard InChI is InChI=1S/C24H25ClN4O3/c1-29(2)13-14-32-24(31)27-20-10-5-17(6-11-20)23(30)28-22-15-18(7-12-21(22)26)16-3-8-19(25)9-4-16/h3-12,15H,13-14,26H2,1-2H3,(H,27,31)(H,28,30). The first kappa shape index (κ1) is 23.1. The first-order chi connectivity index (χ1) is 15.3. The molecule has 0 spiro atoms. The molecule has 0 saturated carbocycles. The van der Waals surface area contributed by atoms with Gasteiger partial charge in [-0.25, -0.2) is 4.79 Å². The molecule has 0 atom stereocenters. The van der Waals surface area contributed by atoms with E-state index in [1.165, 1.54) is 0 Å². The lowest BCUT2D eigenvalue weighted by Crippen LogP contribution is -2.22. The molecule has 3 aromatic carbocycles. The van der Waals surface area contributed by atoms with Crippen LogP contribution in [-0.2, 0) is 4.74 Å². The summed E-state index contributed by atoms with van der Waals surface area (Å²) in [7, 11) is 3.79. The minimum Gasteiger partial charge on any atom is -0.448 e. The van der Waals surface area contributed by atoms with Crippen LogP contribution in [0.5, 0.6) is 0 Å². The number of amides is 2. The number of likely N-dealkylation sites (N-methyl/N-ethyl adjacent to an activating group) is 1. The van der Waals surface area contributed by atoms with Crippen LogP contribution in [0, 0.1) is 0 Å². The number of ether oxygens (including phenoxy) is 1. The molecule has 0 unspecified atom stereocenters. The minimum absolute atomic E-state index is 0.288. The summed E-state index contributed by atoms with van der Waals surface area (Å²) >= 11 is 5.96. The average molecular weight is 453 g/mol. The molecule has 3 aromatic rings. The molecule has 2 amide bonds. The number of carbonyl (C=O) groups is 2. The highest BCUT2D eigenvalue weighted by atomic mass is 35.5. The second-order valence-corrected chi connectivity index (χ2v) is 7.84. The van der Waals surface area contributed by atoms with E-state index >= 15 is 0 Å². The predicted molar refractivity (Wildman–Crippen MR) is 129 cm³/mol. The van der Waals surface area contributed by atoms with E-state index in [1.54, 1.807) is 42.5 Å². The molecule has 0 fully saturated rings. The van der Waals surface area contributed by atoms with Crippen molar-refractivity contribution < 1.29 is 14.3 Å². The van der Waals surface area contributed by atoms with Crippen LogP contribution < -0.4 is 16.4 Å².